The van der Waals surface area contributed by atoms with Gasteiger partial charge in [0.15, 0.2) is 11.9 Å². The Kier molecular flexibility index (Phi) is 2.68. The highest BCUT2D eigenvalue weighted by Crippen LogP contribution is 2.22. The van der Waals surface area contributed by atoms with E-state index in [-0.39, 0.29) is 6.61 Å². The first-order valence-corrected chi connectivity index (χ1v) is 3.90. The van der Waals surface area contributed by atoms with Crippen molar-refractivity contribution in [2.24, 2.45) is 0 Å². The first-order valence-electron chi connectivity index (χ1n) is 3.90. The van der Waals surface area contributed by atoms with Gasteiger partial charge in [0, 0.05) is 0 Å². The second kappa shape index (κ2) is 3.43. The van der Waals surface area contributed by atoms with Crippen LogP contribution in [0, 0.1) is 0 Å². The van der Waals surface area contributed by atoms with E-state index in [4.69, 9.17) is 9.47 Å². The van der Waals surface area contributed by atoms with Gasteiger partial charge in [0.25, 0.3) is 5.78 Å². The van der Waals surface area contributed by atoms with Crippen molar-refractivity contribution in [1.29, 1.82) is 0 Å². The Balaban J connectivity index is 2.57. The van der Waals surface area contributed by atoms with Gasteiger partial charge in [0.05, 0.1) is 13.7 Å². The van der Waals surface area contributed by atoms with Gasteiger partial charge in [0.1, 0.15) is 0 Å². The van der Waals surface area contributed by atoms with Crippen LogP contribution >= 0.6 is 0 Å². The van der Waals surface area contributed by atoms with E-state index in [9.17, 15) is 9.59 Å². The van der Waals surface area contributed by atoms with E-state index in [0.29, 0.717) is 0 Å². The first kappa shape index (κ1) is 10.1. The van der Waals surface area contributed by atoms with Crippen molar-refractivity contribution in [3.05, 3.63) is 0 Å². The summed E-state index contributed by atoms with van der Waals surface area (Å²) in [5, 5.41) is 0. The predicted molar refractivity (Wildman–Crippen MR) is 41.9 cm³/mol. The minimum atomic E-state index is -0.897. The highest BCUT2D eigenvalue weighted by atomic mass is 16.7. The van der Waals surface area contributed by atoms with Gasteiger partial charge < -0.3 is 14.2 Å². The van der Waals surface area contributed by atoms with Crippen molar-refractivity contribution in [3.8, 4) is 0 Å². The molecule has 1 fully saturated rings. The Hall–Kier alpha value is -0.940. The molecule has 0 amide bonds. The molecule has 13 heavy (non-hydrogen) atoms. The Morgan fingerprint density at radius 3 is 2.46 bits per heavy atom. The van der Waals surface area contributed by atoms with E-state index in [2.05, 4.69) is 4.74 Å². The number of carbonyl (C=O) groups excluding carboxylic acids is 2. The van der Waals surface area contributed by atoms with Crippen molar-refractivity contribution < 1.29 is 23.8 Å². The average molecular weight is 188 g/mol. The lowest BCUT2D eigenvalue weighted by molar-refractivity contribution is -0.164. The number of rotatable bonds is 2. The molecule has 0 saturated carbocycles. The number of Topliss-reactive ketones (excluding diaryl/α,β-unsaturated/α-hetero) is 1. The summed E-state index contributed by atoms with van der Waals surface area (Å²) in [4.78, 5) is 22.0. The molecule has 0 aromatic carbocycles. The molecule has 0 unspecified atom stereocenters. The molecule has 5 heteroatoms. The first-order chi connectivity index (χ1) is 5.96. The molecule has 1 rings (SSSR count). The van der Waals surface area contributed by atoms with Crippen LogP contribution in [0.5, 0.6) is 0 Å². The van der Waals surface area contributed by atoms with E-state index < -0.39 is 23.6 Å². The number of esters is 1. The Labute approximate surface area is 76.0 Å². The minimum absolute atomic E-state index is 0.0981. The molecule has 1 heterocycles. The molecule has 5 nitrogen and oxygen atoms in total. The molecule has 0 bridgehead atoms. The molecule has 0 aromatic rings. The molecule has 74 valence electrons. The van der Waals surface area contributed by atoms with Crippen LogP contribution < -0.4 is 0 Å². The van der Waals surface area contributed by atoms with Crippen LogP contribution in [0.15, 0.2) is 0 Å². The zero-order valence-corrected chi connectivity index (χ0v) is 7.83. The van der Waals surface area contributed by atoms with E-state index in [1.165, 1.54) is 0 Å². The number of hydrogen-bond donors (Lipinski definition) is 0. The summed E-state index contributed by atoms with van der Waals surface area (Å²) in [7, 11) is 1.15. The van der Waals surface area contributed by atoms with Gasteiger partial charge in [-0.3, -0.25) is 4.79 Å². The van der Waals surface area contributed by atoms with Crippen LogP contribution in [-0.4, -0.2) is 37.4 Å². The summed E-state index contributed by atoms with van der Waals surface area (Å²) in [5.41, 5.74) is 0. The maximum Gasteiger partial charge on any atom is 0.377 e. The standard InChI is InChI=1S/C8H12O5/c1-8(2)12-4-5(13-8)6(9)7(10)11-3/h5H,4H2,1-3H3/t5-/m0/s1. The molecule has 1 atom stereocenters. The quantitative estimate of drug-likeness (QED) is 0.446. The van der Waals surface area contributed by atoms with Gasteiger partial charge in [-0.25, -0.2) is 4.79 Å². The second-order valence-electron chi connectivity index (χ2n) is 3.17. The lowest BCUT2D eigenvalue weighted by Crippen LogP contribution is -2.32. The van der Waals surface area contributed by atoms with Gasteiger partial charge in [-0.1, -0.05) is 0 Å². The maximum atomic E-state index is 11.2. The van der Waals surface area contributed by atoms with Crippen LogP contribution in [0.4, 0.5) is 0 Å². The zero-order valence-electron chi connectivity index (χ0n) is 7.83. The number of hydrogen-bond acceptors (Lipinski definition) is 5. The Morgan fingerprint density at radius 1 is 1.46 bits per heavy atom. The van der Waals surface area contributed by atoms with Gasteiger partial charge in [0.2, 0.25) is 0 Å². The highest BCUT2D eigenvalue weighted by molar-refractivity contribution is 6.35. The van der Waals surface area contributed by atoms with Crippen LogP contribution in [0.1, 0.15) is 13.8 Å². The van der Waals surface area contributed by atoms with Gasteiger partial charge in [-0.15, -0.1) is 0 Å². The topological polar surface area (TPSA) is 61.8 Å². The maximum absolute atomic E-state index is 11.2. The second-order valence-corrected chi connectivity index (χ2v) is 3.17. The fourth-order valence-corrected chi connectivity index (χ4v) is 1.05. The third kappa shape index (κ3) is 2.26. The largest absolute Gasteiger partial charge is 0.463 e. The highest BCUT2D eigenvalue weighted by Gasteiger charge is 2.39. The van der Waals surface area contributed by atoms with Crippen LogP contribution in [-0.2, 0) is 23.8 Å². The Morgan fingerprint density at radius 2 is 2.08 bits per heavy atom. The normalized spacial score (nSPS) is 25.6. The van der Waals surface area contributed by atoms with Crippen LogP contribution in [0.2, 0.25) is 0 Å². The average Bonchev–Trinajstić information content (AvgIpc) is 2.43. The van der Waals surface area contributed by atoms with Crippen molar-refractivity contribution >= 4 is 11.8 Å². The number of ether oxygens (including phenoxy) is 3. The molecule has 0 N–H and O–H groups in total. The molecule has 0 aromatic heterocycles. The summed E-state index contributed by atoms with van der Waals surface area (Å²) >= 11 is 0. The van der Waals surface area contributed by atoms with Crippen molar-refractivity contribution in [2.75, 3.05) is 13.7 Å². The van der Waals surface area contributed by atoms with Crippen molar-refractivity contribution in [3.63, 3.8) is 0 Å². The summed E-state index contributed by atoms with van der Waals surface area (Å²) < 4.78 is 14.5. The zero-order chi connectivity index (χ0) is 10.1. The molecule has 1 saturated heterocycles. The SMILES string of the molecule is COC(=O)C(=O)[C@@H]1COC(C)(C)O1. The fourth-order valence-electron chi connectivity index (χ4n) is 1.05. The van der Waals surface area contributed by atoms with E-state index >= 15 is 0 Å². The third-order valence-corrected chi connectivity index (χ3v) is 1.69. The Bertz CT molecular complexity index is 233. The lowest BCUT2D eigenvalue weighted by atomic mass is 10.2. The van der Waals surface area contributed by atoms with Crippen molar-refractivity contribution in [1.82, 2.24) is 0 Å². The van der Waals surface area contributed by atoms with E-state index in [0.717, 1.165) is 7.11 Å². The number of methoxy groups -OCH3 is 1. The number of ketones is 1. The molecule has 1 aliphatic rings. The summed E-state index contributed by atoms with van der Waals surface area (Å²) in [6.07, 6.45) is -0.831. The molecule has 0 radical (unpaired) electrons. The third-order valence-electron chi connectivity index (χ3n) is 1.69. The van der Waals surface area contributed by atoms with Gasteiger partial charge in [-0.05, 0) is 13.8 Å². The summed E-state index contributed by atoms with van der Waals surface area (Å²) in [6, 6.07) is 0. The van der Waals surface area contributed by atoms with E-state index in [1.54, 1.807) is 13.8 Å². The van der Waals surface area contributed by atoms with E-state index in [1.807, 2.05) is 0 Å². The molecule has 0 aliphatic carbocycles. The van der Waals surface area contributed by atoms with Gasteiger partial charge >= 0.3 is 5.97 Å². The van der Waals surface area contributed by atoms with Crippen LogP contribution in [0.3, 0.4) is 0 Å². The number of carbonyl (C=O) groups is 2. The summed E-state index contributed by atoms with van der Waals surface area (Å²) in [5.74, 6) is -2.40. The van der Waals surface area contributed by atoms with Gasteiger partial charge in [-0.2, -0.15) is 0 Å². The summed E-state index contributed by atoms with van der Waals surface area (Å²) in [6.45, 7) is 3.45. The van der Waals surface area contributed by atoms with Crippen LogP contribution in [0.25, 0.3) is 0 Å². The molecular formula is C8H12O5. The predicted octanol–water partition coefficient (Wildman–Crippen LogP) is -0.120. The molecular weight excluding hydrogens is 176 g/mol. The monoisotopic (exact) mass is 188 g/mol. The molecule has 1 aliphatic heterocycles. The molecule has 0 spiro atoms. The fraction of sp³-hybridized carbons (Fsp3) is 0.750. The van der Waals surface area contributed by atoms with Crippen molar-refractivity contribution in [2.45, 2.75) is 25.7 Å². The smallest absolute Gasteiger partial charge is 0.377 e. The minimum Gasteiger partial charge on any atom is -0.463 e. The lowest BCUT2D eigenvalue weighted by Gasteiger charge is -2.15.